The van der Waals surface area contributed by atoms with Gasteiger partial charge in [-0.3, -0.25) is 0 Å². The molecule has 0 fully saturated rings. The van der Waals surface area contributed by atoms with Crippen LogP contribution in [0.4, 0.5) is 0 Å². The van der Waals surface area contributed by atoms with Gasteiger partial charge in [-0.2, -0.15) is 0 Å². The van der Waals surface area contributed by atoms with Crippen LogP contribution in [-0.2, 0) is 40.2 Å². The molecule has 0 aliphatic rings. The molecular formula is C52H36Ir2N4-4. The summed E-state index contributed by atoms with van der Waals surface area (Å²) in [6, 6.07) is 76.5. The molecule has 58 heavy (non-hydrogen) atoms. The zero-order valence-electron chi connectivity index (χ0n) is 31.2. The predicted molar refractivity (Wildman–Crippen MR) is 229 cm³/mol. The van der Waals surface area contributed by atoms with Gasteiger partial charge in [0.05, 0.1) is 0 Å². The van der Waals surface area contributed by atoms with E-state index in [0.29, 0.717) is 0 Å². The molecule has 6 aromatic carbocycles. The SMILES string of the molecule is [Ir].[Ir].[c-]1ccccc1-c1ccccn1.[c-]1ccccc1-c1ccccn1.[c-]1ccccc1-c1nccc2ccccc12.[c-]1ccccc1-c1nccc2ccccc12. The van der Waals surface area contributed by atoms with Crippen molar-refractivity contribution in [3.8, 4) is 45.0 Å². The smallest absolute Gasteiger partial charge is 0.0167 e. The number of nitrogens with zero attached hydrogens (tertiary/aromatic N) is 4. The molecule has 0 aliphatic heterocycles. The molecular weight excluding hydrogens is 1070 g/mol. The van der Waals surface area contributed by atoms with Crippen molar-refractivity contribution in [3.63, 3.8) is 0 Å². The monoisotopic (exact) mass is 1100 g/mol. The summed E-state index contributed by atoms with van der Waals surface area (Å²) in [7, 11) is 0. The first kappa shape index (κ1) is 42.9. The number of pyridine rings is 4. The molecule has 10 aromatic rings. The first-order valence-corrected chi connectivity index (χ1v) is 18.2. The Morgan fingerprint density at radius 2 is 0.621 bits per heavy atom. The van der Waals surface area contributed by atoms with E-state index in [9.17, 15) is 0 Å². The first-order chi connectivity index (χ1) is 27.8. The van der Waals surface area contributed by atoms with Crippen LogP contribution in [-0.4, -0.2) is 19.9 Å². The molecule has 4 aromatic heterocycles. The number of fused-ring (bicyclic) bond motifs is 2. The molecule has 286 valence electrons. The summed E-state index contributed by atoms with van der Waals surface area (Å²) in [5.41, 5.74) is 8.10. The minimum atomic E-state index is 0. The largest absolute Gasteiger partial charge is 0.305 e. The number of hydrogen-bond donors (Lipinski definition) is 0. The van der Waals surface area contributed by atoms with Crippen LogP contribution in [0.25, 0.3) is 66.6 Å². The van der Waals surface area contributed by atoms with Crippen molar-refractivity contribution < 1.29 is 40.2 Å². The van der Waals surface area contributed by atoms with Crippen LogP contribution < -0.4 is 0 Å². The van der Waals surface area contributed by atoms with Gasteiger partial charge in [-0.05, 0) is 68.6 Å². The van der Waals surface area contributed by atoms with E-state index in [1.165, 1.54) is 21.5 Å². The Balaban J connectivity index is 0.000000147. The molecule has 0 unspecified atom stereocenters. The van der Waals surface area contributed by atoms with Crippen LogP contribution in [0.5, 0.6) is 0 Å². The fourth-order valence-electron chi connectivity index (χ4n) is 5.90. The van der Waals surface area contributed by atoms with E-state index in [0.717, 1.165) is 45.0 Å². The van der Waals surface area contributed by atoms with Crippen LogP contribution in [0.3, 0.4) is 0 Å². The molecule has 0 atom stereocenters. The third-order valence-electron chi connectivity index (χ3n) is 8.58. The van der Waals surface area contributed by atoms with Gasteiger partial charge in [-0.1, -0.05) is 72.8 Å². The van der Waals surface area contributed by atoms with Gasteiger partial charge in [-0.25, -0.2) is 0 Å². The Morgan fingerprint density at radius 1 is 0.276 bits per heavy atom. The summed E-state index contributed by atoms with van der Waals surface area (Å²) in [5.74, 6) is 0. The van der Waals surface area contributed by atoms with Crippen molar-refractivity contribution in [1.82, 2.24) is 19.9 Å². The molecule has 4 nitrogen and oxygen atoms in total. The first-order valence-electron chi connectivity index (χ1n) is 18.2. The number of rotatable bonds is 4. The normalized spacial score (nSPS) is 9.79. The maximum Gasteiger partial charge on any atom is 0.0167 e. The Labute approximate surface area is 367 Å². The predicted octanol–water partition coefficient (Wildman–Crippen LogP) is 12.5. The molecule has 4 heterocycles. The van der Waals surface area contributed by atoms with Gasteiger partial charge in [0.25, 0.3) is 0 Å². The van der Waals surface area contributed by atoms with Crippen LogP contribution in [0.15, 0.2) is 219 Å². The van der Waals surface area contributed by atoms with Gasteiger partial charge in [0, 0.05) is 65.0 Å². The van der Waals surface area contributed by atoms with Crippen LogP contribution >= 0.6 is 0 Å². The van der Waals surface area contributed by atoms with Crippen molar-refractivity contribution >= 4 is 21.5 Å². The number of hydrogen-bond acceptors (Lipinski definition) is 4. The molecule has 0 bridgehead atoms. The summed E-state index contributed by atoms with van der Waals surface area (Å²) in [5, 5.41) is 4.77. The van der Waals surface area contributed by atoms with Crippen molar-refractivity contribution in [2.75, 3.05) is 0 Å². The van der Waals surface area contributed by atoms with Gasteiger partial charge < -0.3 is 19.9 Å². The van der Waals surface area contributed by atoms with Gasteiger partial charge in [0.2, 0.25) is 0 Å². The van der Waals surface area contributed by atoms with E-state index in [4.69, 9.17) is 0 Å². The maximum atomic E-state index is 4.45. The Kier molecular flexibility index (Phi) is 17.1. The second-order valence-corrected chi connectivity index (χ2v) is 12.3. The van der Waals surface area contributed by atoms with Gasteiger partial charge in [0.15, 0.2) is 0 Å². The average Bonchev–Trinajstić information content (AvgIpc) is 3.31. The molecule has 0 amide bonds. The third-order valence-corrected chi connectivity index (χ3v) is 8.58. The van der Waals surface area contributed by atoms with Crippen LogP contribution in [0, 0.1) is 24.3 Å². The number of benzene rings is 6. The van der Waals surface area contributed by atoms with E-state index < -0.39 is 0 Å². The maximum absolute atomic E-state index is 4.45. The Morgan fingerprint density at radius 3 is 0.966 bits per heavy atom. The molecule has 0 spiro atoms. The second-order valence-electron chi connectivity index (χ2n) is 12.3. The zero-order chi connectivity index (χ0) is 38.0. The van der Waals surface area contributed by atoms with Gasteiger partial charge in [0.1, 0.15) is 0 Å². The molecule has 10 rings (SSSR count). The van der Waals surface area contributed by atoms with Crippen LogP contribution in [0.1, 0.15) is 0 Å². The average molecular weight is 1100 g/mol. The Hall–Kier alpha value is -6.26. The molecule has 0 saturated heterocycles. The van der Waals surface area contributed by atoms with Gasteiger partial charge in [-0.15, -0.1) is 144 Å². The van der Waals surface area contributed by atoms with E-state index in [-0.39, 0.29) is 40.2 Å². The molecule has 2 radical (unpaired) electrons. The van der Waals surface area contributed by atoms with Crippen molar-refractivity contribution in [2.45, 2.75) is 0 Å². The van der Waals surface area contributed by atoms with Crippen molar-refractivity contribution in [3.05, 3.63) is 243 Å². The summed E-state index contributed by atoms with van der Waals surface area (Å²) in [6.45, 7) is 0. The van der Waals surface area contributed by atoms with Crippen molar-refractivity contribution in [1.29, 1.82) is 0 Å². The molecule has 0 aliphatic carbocycles. The molecule has 0 N–H and O–H groups in total. The third kappa shape index (κ3) is 11.9. The Bertz CT molecular complexity index is 2390. The molecule has 0 saturated carbocycles. The summed E-state index contributed by atoms with van der Waals surface area (Å²) < 4.78 is 0. The summed E-state index contributed by atoms with van der Waals surface area (Å²) >= 11 is 0. The minimum Gasteiger partial charge on any atom is -0.305 e. The summed E-state index contributed by atoms with van der Waals surface area (Å²) in [4.78, 5) is 17.3. The van der Waals surface area contributed by atoms with Crippen molar-refractivity contribution in [2.24, 2.45) is 0 Å². The standard InChI is InChI=1S/2C15H10N.2C11H8N.2Ir/c2*1-2-7-13(8-3-1)15-14-9-5-4-6-12(14)10-11-16-15;2*1-2-6-10(7-3-1)11-8-4-5-9-12-11;;/h2*1-7,9-11H;2*1-6,8-9H;;/q4*-1;;. The molecule has 6 heteroatoms. The van der Waals surface area contributed by atoms with E-state index in [2.05, 4.69) is 68.5 Å². The zero-order valence-corrected chi connectivity index (χ0v) is 36.0. The quantitative estimate of drug-likeness (QED) is 0.165. The number of aromatic nitrogens is 4. The topological polar surface area (TPSA) is 51.6 Å². The van der Waals surface area contributed by atoms with E-state index >= 15 is 0 Å². The van der Waals surface area contributed by atoms with Gasteiger partial charge >= 0.3 is 0 Å². The van der Waals surface area contributed by atoms with E-state index in [1.54, 1.807) is 12.4 Å². The fraction of sp³-hybridized carbons (Fsp3) is 0. The van der Waals surface area contributed by atoms with E-state index in [1.807, 2.05) is 182 Å². The minimum absolute atomic E-state index is 0. The van der Waals surface area contributed by atoms with Crippen LogP contribution in [0.2, 0.25) is 0 Å². The fourth-order valence-corrected chi connectivity index (χ4v) is 5.90. The second kappa shape index (κ2) is 23.1. The summed E-state index contributed by atoms with van der Waals surface area (Å²) in [6.07, 6.45) is 7.27.